The molecule has 3 heterocycles. The van der Waals surface area contributed by atoms with Gasteiger partial charge in [-0.2, -0.15) is 0 Å². The third kappa shape index (κ3) is 7.47. The number of hydrogen-bond acceptors (Lipinski definition) is 11. The highest BCUT2D eigenvalue weighted by atomic mass is 35.5. The molecule has 11 nitrogen and oxygen atoms in total. The van der Waals surface area contributed by atoms with Gasteiger partial charge in [0.05, 0.1) is 55.4 Å². The lowest BCUT2D eigenvalue weighted by atomic mass is 9.73. The van der Waals surface area contributed by atoms with Crippen molar-refractivity contribution in [2.24, 2.45) is 17.8 Å². The third-order valence-corrected chi connectivity index (χ3v) is 12.5. The van der Waals surface area contributed by atoms with Gasteiger partial charge in [-0.15, -0.1) is 11.3 Å². The van der Waals surface area contributed by atoms with E-state index in [0.29, 0.717) is 60.8 Å². The summed E-state index contributed by atoms with van der Waals surface area (Å²) in [7, 11) is 2.52. The summed E-state index contributed by atoms with van der Waals surface area (Å²) >= 11 is 15.0. The zero-order chi connectivity index (χ0) is 35.5. The number of benzene rings is 1. The number of thiazole rings is 1. The topological polar surface area (TPSA) is 142 Å². The maximum Gasteiger partial charge on any atom is 0.336 e. The van der Waals surface area contributed by atoms with Gasteiger partial charge in [0.25, 0.3) is 0 Å². The van der Waals surface area contributed by atoms with Crippen LogP contribution >= 0.6 is 34.5 Å². The molecule has 6 rings (SSSR count). The van der Waals surface area contributed by atoms with Crippen LogP contribution in [0.25, 0.3) is 0 Å². The number of aliphatic hydroxyl groups is 2. The average Bonchev–Trinajstić information content (AvgIpc) is 3.74. The number of piperazine rings is 1. The van der Waals surface area contributed by atoms with E-state index in [0.717, 1.165) is 43.8 Å². The van der Waals surface area contributed by atoms with Crippen molar-refractivity contribution in [1.82, 2.24) is 20.1 Å². The van der Waals surface area contributed by atoms with E-state index in [2.05, 4.69) is 15.2 Å². The van der Waals surface area contributed by atoms with Crippen molar-refractivity contribution in [3.63, 3.8) is 0 Å². The van der Waals surface area contributed by atoms with E-state index in [-0.39, 0.29) is 46.0 Å². The van der Waals surface area contributed by atoms with E-state index >= 15 is 0 Å². The van der Waals surface area contributed by atoms with E-state index in [9.17, 15) is 24.6 Å². The summed E-state index contributed by atoms with van der Waals surface area (Å²) in [5.41, 5.74) is 1.40. The second-order valence-corrected chi connectivity index (χ2v) is 15.3. The molecule has 3 N–H and O–H groups in total. The normalized spacial score (nSPS) is 26.1. The molecular weight excluding hydrogens is 703 g/mol. The fraction of sp³-hybridized carbons (Fsp3) is 0.556. The molecule has 270 valence electrons. The van der Waals surface area contributed by atoms with Gasteiger partial charge in [0.1, 0.15) is 0 Å². The van der Waals surface area contributed by atoms with Gasteiger partial charge in [0.15, 0.2) is 0 Å². The summed E-state index contributed by atoms with van der Waals surface area (Å²) in [6.45, 7) is 2.33. The molecule has 2 aliphatic carbocycles. The summed E-state index contributed by atoms with van der Waals surface area (Å²) < 4.78 is 10.5. The number of fused-ring (bicyclic) bond motifs is 2. The fourth-order valence-corrected chi connectivity index (χ4v) is 9.96. The Morgan fingerprint density at radius 2 is 1.60 bits per heavy atom. The van der Waals surface area contributed by atoms with Crippen LogP contribution in [0.4, 0.5) is 0 Å². The lowest BCUT2D eigenvalue weighted by molar-refractivity contribution is -0.137. The van der Waals surface area contributed by atoms with E-state index in [1.807, 2.05) is 10.3 Å². The lowest BCUT2D eigenvalue weighted by Crippen LogP contribution is -2.54. The predicted molar refractivity (Wildman–Crippen MR) is 189 cm³/mol. The van der Waals surface area contributed by atoms with Gasteiger partial charge >= 0.3 is 11.9 Å². The first-order chi connectivity index (χ1) is 24.1. The summed E-state index contributed by atoms with van der Waals surface area (Å²) in [5.74, 6) is -1.61. The quantitative estimate of drug-likeness (QED) is 0.285. The SMILES string of the molecule is COC(=O)C1=C(CCc2nccs2)NC(CC(=O)N2CCN(C3CC4CCC(C3)C4C(O)CO)CC2)=C(C(=O)OC)C1c1c(Cl)cccc1Cl. The maximum absolute atomic E-state index is 14.0. The number of carbonyl (C=O) groups is 3. The van der Waals surface area contributed by atoms with E-state index in [1.165, 1.54) is 25.6 Å². The van der Waals surface area contributed by atoms with Crippen molar-refractivity contribution in [2.45, 2.75) is 63.0 Å². The zero-order valence-electron chi connectivity index (χ0n) is 28.3. The van der Waals surface area contributed by atoms with Crippen molar-refractivity contribution in [3.05, 3.63) is 72.9 Å². The van der Waals surface area contributed by atoms with Crippen LogP contribution < -0.4 is 5.32 Å². The number of halogens is 2. The molecule has 4 aliphatic rings. The molecule has 0 spiro atoms. The van der Waals surface area contributed by atoms with Crippen molar-refractivity contribution in [3.8, 4) is 0 Å². The van der Waals surface area contributed by atoms with Gasteiger partial charge < -0.3 is 29.9 Å². The first-order valence-electron chi connectivity index (χ1n) is 17.2. The first kappa shape index (κ1) is 36.8. The lowest BCUT2D eigenvalue weighted by Gasteiger charge is -2.45. The Morgan fingerprint density at radius 1 is 0.980 bits per heavy atom. The molecule has 2 aliphatic heterocycles. The van der Waals surface area contributed by atoms with E-state index in [4.69, 9.17) is 32.7 Å². The molecule has 50 heavy (non-hydrogen) atoms. The Morgan fingerprint density at radius 3 is 2.16 bits per heavy atom. The fourth-order valence-electron chi connectivity index (χ4n) is 8.72. The van der Waals surface area contributed by atoms with Crippen LogP contribution in [-0.4, -0.2) is 102 Å². The summed E-state index contributed by atoms with van der Waals surface area (Å²) in [6.07, 6.45) is 5.95. The van der Waals surface area contributed by atoms with Crippen LogP contribution in [0.1, 0.15) is 55.0 Å². The largest absolute Gasteiger partial charge is 0.466 e. The minimum Gasteiger partial charge on any atom is -0.466 e. The van der Waals surface area contributed by atoms with Crippen LogP contribution in [0, 0.1) is 17.8 Å². The number of nitrogens with one attached hydrogen (secondary N) is 1. The van der Waals surface area contributed by atoms with Crippen LogP contribution in [-0.2, 0) is 30.3 Å². The molecule has 3 fully saturated rings. The smallest absolute Gasteiger partial charge is 0.336 e. The number of carbonyl (C=O) groups excluding carboxylic acids is 3. The number of amides is 1. The van der Waals surface area contributed by atoms with Crippen molar-refractivity contribution in [1.29, 1.82) is 0 Å². The Bertz CT molecular complexity index is 1610. The van der Waals surface area contributed by atoms with Gasteiger partial charge in [-0.25, -0.2) is 14.6 Å². The number of nitrogens with zero attached hydrogens (tertiary/aromatic N) is 3. The molecule has 0 radical (unpaired) electrons. The molecule has 1 saturated heterocycles. The molecule has 2 bridgehead atoms. The Labute approximate surface area is 306 Å². The van der Waals surface area contributed by atoms with Crippen LogP contribution in [0.5, 0.6) is 0 Å². The monoisotopic (exact) mass is 746 g/mol. The Balaban J connectivity index is 1.25. The number of aromatic nitrogens is 1. The molecule has 2 aromatic rings. The number of methoxy groups -OCH3 is 2. The zero-order valence-corrected chi connectivity index (χ0v) is 30.6. The number of allylic oxidation sites excluding steroid dienone is 1. The minimum absolute atomic E-state index is 0.0742. The minimum atomic E-state index is -1.06. The van der Waals surface area contributed by atoms with Crippen molar-refractivity contribution >= 4 is 52.4 Å². The number of aliphatic hydroxyl groups excluding tert-OH is 2. The average molecular weight is 748 g/mol. The highest BCUT2D eigenvalue weighted by Gasteiger charge is 2.47. The molecule has 4 unspecified atom stereocenters. The standard InChI is InChI=1S/C36H44Cl2N4O7S/c1-48-35(46)32-25(8-9-28-39-10-15-50-28)40-26(33(36(47)49-2)34(32)31-23(37)4-3-5-24(31)38)18-29(45)42-13-11-41(12-14-42)22-16-20-6-7-21(17-22)30(20)27(44)19-43/h3-5,10,15,20-22,27,30,34,40,43-44H,6-9,11-14,16-19H2,1-2H3. The summed E-state index contributed by atoms with van der Waals surface area (Å²) in [6, 6.07) is 5.35. The second-order valence-electron chi connectivity index (χ2n) is 13.5. The summed E-state index contributed by atoms with van der Waals surface area (Å²) in [4.78, 5) is 49.9. The number of esters is 2. The van der Waals surface area contributed by atoms with Crippen LogP contribution in [0.2, 0.25) is 10.0 Å². The Hall–Kier alpha value is -3.00. The molecule has 1 aromatic carbocycles. The molecule has 2 saturated carbocycles. The number of aryl methyl sites for hydroxylation is 1. The number of ether oxygens (including phenoxy) is 2. The number of hydrogen-bond donors (Lipinski definition) is 3. The van der Waals surface area contributed by atoms with E-state index < -0.39 is 24.0 Å². The predicted octanol–water partition coefficient (Wildman–Crippen LogP) is 4.32. The van der Waals surface area contributed by atoms with Gasteiger partial charge in [-0.05, 0) is 62.0 Å². The van der Waals surface area contributed by atoms with Gasteiger partial charge in [0, 0.05) is 77.2 Å². The second kappa shape index (κ2) is 16.1. The van der Waals surface area contributed by atoms with E-state index in [1.54, 1.807) is 24.4 Å². The van der Waals surface area contributed by atoms with Gasteiger partial charge in [-0.1, -0.05) is 29.3 Å². The van der Waals surface area contributed by atoms with Gasteiger partial charge in [-0.3, -0.25) is 9.69 Å². The van der Waals surface area contributed by atoms with Crippen molar-refractivity contribution < 1.29 is 34.1 Å². The van der Waals surface area contributed by atoms with Crippen LogP contribution in [0.3, 0.4) is 0 Å². The maximum atomic E-state index is 14.0. The summed E-state index contributed by atoms with van der Waals surface area (Å²) in [5, 5.41) is 26.6. The number of dihydropyridines is 1. The Kier molecular flexibility index (Phi) is 11.9. The third-order valence-electron chi connectivity index (χ3n) is 11.0. The van der Waals surface area contributed by atoms with Gasteiger partial charge in [0.2, 0.25) is 5.91 Å². The molecule has 4 atom stereocenters. The number of rotatable bonds is 11. The molecule has 1 amide bonds. The highest BCUT2D eigenvalue weighted by Crippen LogP contribution is 2.50. The molecule has 14 heteroatoms. The first-order valence-corrected chi connectivity index (χ1v) is 18.8. The van der Waals surface area contributed by atoms with Crippen LogP contribution in [0.15, 0.2) is 52.3 Å². The molecule has 1 aromatic heterocycles. The highest BCUT2D eigenvalue weighted by molar-refractivity contribution is 7.09. The molecular formula is C36H44Cl2N4O7S. The van der Waals surface area contributed by atoms with Crippen molar-refractivity contribution in [2.75, 3.05) is 47.0 Å².